The maximum absolute atomic E-state index is 9.34. The van der Waals surface area contributed by atoms with Gasteiger partial charge in [-0.15, -0.1) is 0 Å². The van der Waals surface area contributed by atoms with Crippen LogP contribution in [0, 0.1) is 5.92 Å². The predicted molar refractivity (Wildman–Crippen MR) is 62.2 cm³/mol. The zero-order chi connectivity index (χ0) is 10.7. The summed E-state index contributed by atoms with van der Waals surface area (Å²) in [6.07, 6.45) is 0.919. The molecule has 3 N–H and O–H groups in total. The predicted octanol–water partition coefficient (Wildman–Crippen LogP) is 3.20. The fraction of sp³-hybridized carbons (Fsp3) is 0.455. The van der Waals surface area contributed by atoms with Gasteiger partial charge in [-0.05, 0) is 36.1 Å². The van der Waals surface area contributed by atoms with Crippen molar-refractivity contribution < 1.29 is 5.11 Å². The van der Waals surface area contributed by atoms with E-state index in [2.05, 4.69) is 29.8 Å². The van der Waals surface area contributed by atoms with E-state index in [1.807, 2.05) is 6.07 Å². The van der Waals surface area contributed by atoms with Gasteiger partial charge in [-0.1, -0.05) is 29.8 Å². The lowest BCUT2D eigenvalue weighted by atomic mass is 9.98. The van der Waals surface area contributed by atoms with Crippen LogP contribution in [-0.2, 0) is 0 Å². The molecule has 2 nitrogen and oxygen atoms in total. The van der Waals surface area contributed by atoms with E-state index in [0.717, 1.165) is 16.5 Å². The van der Waals surface area contributed by atoms with Crippen molar-refractivity contribution in [2.75, 3.05) is 0 Å². The van der Waals surface area contributed by atoms with Crippen LogP contribution in [0.4, 0.5) is 0 Å². The quantitative estimate of drug-likeness (QED) is 0.874. The van der Waals surface area contributed by atoms with Crippen LogP contribution in [0.25, 0.3) is 0 Å². The zero-order valence-electron chi connectivity index (χ0n) is 8.50. The first-order chi connectivity index (χ1) is 6.50. The van der Waals surface area contributed by atoms with Gasteiger partial charge in [-0.3, -0.25) is 0 Å². The van der Waals surface area contributed by atoms with Crippen molar-refractivity contribution in [2.24, 2.45) is 11.7 Å². The van der Waals surface area contributed by atoms with E-state index in [-0.39, 0.29) is 11.8 Å². The Kier molecular flexibility index (Phi) is 3.96. The molecule has 0 saturated carbocycles. The SMILES string of the molecule is CC(C)C[C@@H](N)c1cc(O)ccc1Br. The Hall–Kier alpha value is -0.540. The fourth-order valence-corrected chi connectivity index (χ4v) is 1.99. The Bertz CT molecular complexity index is 312. The summed E-state index contributed by atoms with van der Waals surface area (Å²) >= 11 is 3.43. The van der Waals surface area contributed by atoms with Crippen LogP contribution in [0.15, 0.2) is 22.7 Å². The Labute approximate surface area is 93.3 Å². The highest BCUT2D eigenvalue weighted by molar-refractivity contribution is 9.10. The lowest BCUT2D eigenvalue weighted by Crippen LogP contribution is -2.13. The first-order valence-electron chi connectivity index (χ1n) is 4.74. The van der Waals surface area contributed by atoms with Crippen molar-refractivity contribution in [3.05, 3.63) is 28.2 Å². The van der Waals surface area contributed by atoms with Crippen LogP contribution < -0.4 is 5.73 Å². The zero-order valence-corrected chi connectivity index (χ0v) is 10.1. The van der Waals surface area contributed by atoms with Crippen LogP contribution >= 0.6 is 15.9 Å². The van der Waals surface area contributed by atoms with Crippen molar-refractivity contribution in [3.8, 4) is 5.75 Å². The molecule has 0 spiro atoms. The van der Waals surface area contributed by atoms with E-state index in [1.54, 1.807) is 12.1 Å². The largest absolute Gasteiger partial charge is 0.508 e. The number of benzene rings is 1. The Balaban J connectivity index is 2.88. The van der Waals surface area contributed by atoms with Crippen LogP contribution in [0.2, 0.25) is 0 Å². The minimum atomic E-state index is -0.0172. The summed E-state index contributed by atoms with van der Waals surface area (Å²) in [6.45, 7) is 4.27. The van der Waals surface area contributed by atoms with Gasteiger partial charge in [-0.25, -0.2) is 0 Å². The number of rotatable bonds is 3. The van der Waals surface area contributed by atoms with Crippen LogP contribution in [0.1, 0.15) is 31.9 Å². The second kappa shape index (κ2) is 4.80. The second-order valence-electron chi connectivity index (χ2n) is 3.94. The number of aromatic hydroxyl groups is 1. The van der Waals surface area contributed by atoms with E-state index < -0.39 is 0 Å². The van der Waals surface area contributed by atoms with Gasteiger partial charge >= 0.3 is 0 Å². The number of phenolic OH excluding ortho intramolecular Hbond substituents is 1. The monoisotopic (exact) mass is 257 g/mol. The molecule has 0 fully saturated rings. The van der Waals surface area contributed by atoms with Crippen molar-refractivity contribution in [2.45, 2.75) is 26.3 Å². The summed E-state index contributed by atoms with van der Waals surface area (Å²) in [6, 6.07) is 5.17. The summed E-state index contributed by atoms with van der Waals surface area (Å²) in [5.41, 5.74) is 7.00. The lowest BCUT2D eigenvalue weighted by molar-refractivity contribution is 0.469. The molecule has 0 amide bonds. The van der Waals surface area contributed by atoms with Crippen molar-refractivity contribution >= 4 is 15.9 Å². The minimum absolute atomic E-state index is 0.0172. The number of phenols is 1. The molecule has 0 aromatic heterocycles. The second-order valence-corrected chi connectivity index (χ2v) is 4.80. The van der Waals surface area contributed by atoms with Crippen molar-refractivity contribution in [1.82, 2.24) is 0 Å². The molecule has 0 aliphatic heterocycles. The molecule has 1 rings (SSSR count). The molecule has 0 saturated heterocycles. The highest BCUT2D eigenvalue weighted by Crippen LogP contribution is 2.29. The molecule has 0 aliphatic rings. The summed E-state index contributed by atoms with van der Waals surface area (Å²) in [4.78, 5) is 0. The Morgan fingerprint density at radius 3 is 2.64 bits per heavy atom. The first kappa shape index (κ1) is 11.5. The van der Waals surface area contributed by atoms with E-state index in [1.165, 1.54) is 0 Å². The van der Waals surface area contributed by atoms with Crippen LogP contribution in [0.3, 0.4) is 0 Å². The molecule has 14 heavy (non-hydrogen) atoms. The molecule has 1 atom stereocenters. The topological polar surface area (TPSA) is 46.2 Å². The highest BCUT2D eigenvalue weighted by Gasteiger charge is 2.12. The normalized spacial score (nSPS) is 13.2. The van der Waals surface area contributed by atoms with Gasteiger partial charge in [0, 0.05) is 10.5 Å². The third-order valence-corrected chi connectivity index (χ3v) is 2.83. The molecule has 0 bridgehead atoms. The van der Waals surface area contributed by atoms with Gasteiger partial charge in [0.1, 0.15) is 5.75 Å². The van der Waals surface area contributed by atoms with E-state index >= 15 is 0 Å². The lowest BCUT2D eigenvalue weighted by Gasteiger charge is -2.16. The number of hydrogen-bond donors (Lipinski definition) is 2. The molecule has 0 heterocycles. The van der Waals surface area contributed by atoms with E-state index in [0.29, 0.717) is 5.92 Å². The van der Waals surface area contributed by atoms with Gasteiger partial charge in [0.25, 0.3) is 0 Å². The molecule has 78 valence electrons. The maximum Gasteiger partial charge on any atom is 0.115 e. The Morgan fingerprint density at radius 1 is 1.43 bits per heavy atom. The number of nitrogens with two attached hydrogens (primary N) is 1. The first-order valence-corrected chi connectivity index (χ1v) is 5.54. The third kappa shape index (κ3) is 3.00. The summed E-state index contributed by atoms with van der Waals surface area (Å²) in [5.74, 6) is 0.821. The standard InChI is InChI=1S/C11H16BrNO/c1-7(2)5-11(13)9-6-8(14)3-4-10(9)12/h3-4,6-7,11,14H,5,13H2,1-2H3/t11-/m1/s1. The number of hydrogen-bond acceptors (Lipinski definition) is 2. The summed E-state index contributed by atoms with van der Waals surface area (Å²) in [7, 11) is 0. The molecular weight excluding hydrogens is 242 g/mol. The van der Waals surface area contributed by atoms with E-state index in [9.17, 15) is 5.11 Å². The molecule has 1 aromatic carbocycles. The smallest absolute Gasteiger partial charge is 0.115 e. The number of halogens is 1. The van der Waals surface area contributed by atoms with Gasteiger partial charge in [-0.2, -0.15) is 0 Å². The van der Waals surface area contributed by atoms with Crippen molar-refractivity contribution in [3.63, 3.8) is 0 Å². The average molecular weight is 258 g/mol. The van der Waals surface area contributed by atoms with Crippen LogP contribution in [-0.4, -0.2) is 5.11 Å². The molecule has 0 radical (unpaired) electrons. The fourth-order valence-electron chi connectivity index (χ4n) is 1.45. The average Bonchev–Trinajstić information content (AvgIpc) is 2.08. The summed E-state index contributed by atoms with van der Waals surface area (Å²) in [5, 5.41) is 9.34. The highest BCUT2D eigenvalue weighted by atomic mass is 79.9. The van der Waals surface area contributed by atoms with Gasteiger partial charge in [0.2, 0.25) is 0 Å². The van der Waals surface area contributed by atoms with Gasteiger partial charge < -0.3 is 10.8 Å². The van der Waals surface area contributed by atoms with Crippen molar-refractivity contribution in [1.29, 1.82) is 0 Å². The molecule has 1 aromatic rings. The van der Waals surface area contributed by atoms with Crippen LogP contribution in [0.5, 0.6) is 5.75 Å². The van der Waals surface area contributed by atoms with E-state index in [4.69, 9.17) is 5.73 Å². The molecular formula is C11H16BrNO. The maximum atomic E-state index is 9.34. The molecule has 0 unspecified atom stereocenters. The minimum Gasteiger partial charge on any atom is -0.508 e. The van der Waals surface area contributed by atoms with Gasteiger partial charge in [0.05, 0.1) is 0 Å². The summed E-state index contributed by atoms with van der Waals surface area (Å²) < 4.78 is 0.962. The molecule has 0 aliphatic carbocycles. The third-order valence-electron chi connectivity index (χ3n) is 2.10. The molecule has 3 heteroatoms. The Morgan fingerprint density at radius 2 is 2.07 bits per heavy atom. The van der Waals surface area contributed by atoms with Gasteiger partial charge in [0.15, 0.2) is 0 Å².